The van der Waals surface area contributed by atoms with E-state index in [0.717, 1.165) is 4.47 Å². The number of primary amides is 1. The molecular weight excluding hydrogens is 460 g/mol. The highest BCUT2D eigenvalue weighted by molar-refractivity contribution is 9.10. The van der Waals surface area contributed by atoms with Crippen molar-refractivity contribution in [2.45, 2.75) is 31.2 Å². The van der Waals surface area contributed by atoms with Crippen molar-refractivity contribution in [3.8, 4) is 0 Å². The highest BCUT2D eigenvalue weighted by Crippen LogP contribution is 2.21. The molecule has 2 rings (SSSR count). The van der Waals surface area contributed by atoms with E-state index >= 15 is 0 Å². The van der Waals surface area contributed by atoms with Gasteiger partial charge in [-0.2, -0.15) is 0 Å². The van der Waals surface area contributed by atoms with E-state index in [-0.39, 0.29) is 16.5 Å². The lowest BCUT2D eigenvalue weighted by Crippen LogP contribution is -2.49. The summed E-state index contributed by atoms with van der Waals surface area (Å²) >= 11 is 3.29. The van der Waals surface area contributed by atoms with Crippen LogP contribution in [0.3, 0.4) is 0 Å². The first kappa shape index (κ1) is 22.7. The summed E-state index contributed by atoms with van der Waals surface area (Å²) in [5.41, 5.74) is 5.85. The van der Waals surface area contributed by atoms with Crippen molar-refractivity contribution in [2.24, 2.45) is 11.7 Å². The van der Waals surface area contributed by atoms with Crippen molar-refractivity contribution >= 4 is 49.3 Å². The lowest BCUT2D eigenvalue weighted by molar-refractivity contribution is -0.119. The normalized spacial score (nSPS) is 13.2. The van der Waals surface area contributed by atoms with E-state index in [2.05, 4.69) is 31.3 Å². The molecule has 0 fully saturated rings. The maximum absolute atomic E-state index is 12.6. The Morgan fingerprint density at radius 2 is 1.76 bits per heavy atom. The van der Waals surface area contributed by atoms with Crippen LogP contribution in [0, 0.1) is 5.92 Å². The molecule has 0 aliphatic carbocycles. The predicted octanol–water partition coefficient (Wildman–Crippen LogP) is 3.27. The molecule has 29 heavy (non-hydrogen) atoms. The van der Waals surface area contributed by atoms with E-state index < -0.39 is 28.0 Å². The molecule has 8 nitrogen and oxygen atoms in total. The lowest BCUT2D eigenvalue weighted by atomic mass is 9.98. The SMILES string of the molecule is CCC(C)C(NC(N)=O)C(=O)Nc1cccc(S(=O)(=O)Nc2ccc(Br)cc2)c1. The summed E-state index contributed by atoms with van der Waals surface area (Å²) < 4.78 is 28.6. The van der Waals surface area contributed by atoms with Crippen LogP contribution >= 0.6 is 15.9 Å². The van der Waals surface area contributed by atoms with Gasteiger partial charge in [0.2, 0.25) is 5.91 Å². The molecule has 10 heteroatoms. The number of carbonyl (C=O) groups excluding carboxylic acids is 2. The third-order valence-electron chi connectivity index (χ3n) is 4.30. The smallest absolute Gasteiger partial charge is 0.312 e. The third kappa shape index (κ3) is 6.47. The number of rotatable bonds is 8. The van der Waals surface area contributed by atoms with Crippen LogP contribution in [0.5, 0.6) is 0 Å². The number of halogens is 1. The number of hydrogen-bond donors (Lipinski definition) is 4. The van der Waals surface area contributed by atoms with Crippen LogP contribution < -0.4 is 21.1 Å². The minimum Gasteiger partial charge on any atom is -0.352 e. The Kier molecular flexibility index (Phi) is 7.63. The number of benzene rings is 2. The molecule has 0 radical (unpaired) electrons. The zero-order chi connectivity index (χ0) is 21.6. The summed E-state index contributed by atoms with van der Waals surface area (Å²) in [6.45, 7) is 3.69. The molecule has 0 heterocycles. The predicted molar refractivity (Wildman–Crippen MR) is 116 cm³/mol. The highest BCUT2D eigenvalue weighted by Gasteiger charge is 2.25. The van der Waals surface area contributed by atoms with E-state index in [4.69, 9.17) is 5.73 Å². The third-order valence-corrected chi connectivity index (χ3v) is 6.21. The zero-order valence-corrected chi connectivity index (χ0v) is 18.4. The summed E-state index contributed by atoms with van der Waals surface area (Å²) in [6.07, 6.45) is 0.643. The maximum Gasteiger partial charge on any atom is 0.312 e. The first-order valence-corrected chi connectivity index (χ1v) is 11.1. The van der Waals surface area contributed by atoms with Gasteiger partial charge < -0.3 is 16.4 Å². The molecule has 156 valence electrons. The average Bonchev–Trinajstić information content (AvgIpc) is 2.67. The minimum absolute atomic E-state index is 0.0128. The minimum atomic E-state index is -3.85. The quantitative estimate of drug-likeness (QED) is 0.459. The van der Waals surface area contributed by atoms with Crippen LogP contribution in [0.4, 0.5) is 16.2 Å². The second-order valence-electron chi connectivity index (χ2n) is 6.50. The molecule has 3 amide bonds. The lowest BCUT2D eigenvalue weighted by Gasteiger charge is -2.22. The van der Waals surface area contributed by atoms with Crippen molar-refractivity contribution in [3.63, 3.8) is 0 Å². The number of nitrogens with two attached hydrogens (primary N) is 1. The van der Waals surface area contributed by atoms with Gasteiger partial charge >= 0.3 is 6.03 Å². The maximum atomic E-state index is 12.6. The average molecular weight is 483 g/mol. The van der Waals surface area contributed by atoms with Gasteiger partial charge in [0.1, 0.15) is 6.04 Å². The Morgan fingerprint density at radius 1 is 1.10 bits per heavy atom. The largest absolute Gasteiger partial charge is 0.352 e. The van der Waals surface area contributed by atoms with Crippen molar-refractivity contribution in [1.29, 1.82) is 0 Å². The van der Waals surface area contributed by atoms with E-state index in [0.29, 0.717) is 12.1 Å². The molecule has 0 aliphatic rings. The number of anilines is 2. The summed E-state index contributed by atoms with van der Waals surface area (Å²) in [7, 11) is -3.85. The number of nitrogens with one attached hydrogen (secondary N) is 3. The summed E-state index contributed by atoms with van der Waals surface area (Å²) in [5, 5.41) is 5.06. The molecular formula is C19H23BrN4O4S. The summed E-state index contributed by atoms with van der Waals surface area (Å²) in [6, 6.07) is 10.9. The molecule has 0 bridgehead atoms. The monoisotopic (exact) mass is 482 g/mol. The second-order valence-corrected chi connectivity index (χ2v) is 9.10. The standard InChI is InChI=1S/C19H23BrN4O4S/c1-3-12(2)17(23-19(21)26)18(25)22-15-5-4-6-16(11-15)29(27,28)24-14-9-7-13(20)8-10-14/h4-12,17,24H,3H2,1-2H3,(H,22,25)(H3,21,23,26). The molecule has 0 aromatic heterocycles. The first-order valence-electron chi connectivity index (χ1n) is 8.87. The Morgan fingerprint density at radius 3 is 2.34 bits per heavy atom. The van der Waals surface area contributed by atoms with Crippen LogP contribution in [0.1, 0.15) is 20.3 Å². The van der Waals surface area contributed by atoms with Crippen LogP contribution in [0.2, 0.25) is 0 Å². The highest BCUT2D eigenvalue weighted by atomic mass is 79.9. The molecule has 0 aliphatic heterocycles. The summed E-state index contributed by atoms with van der Waals surface area (Å²) in [5.74, 6) is -0.637. The molecule has 2 unspecified atom stereocenters. The fourth-order valence-electron chi connectivity index (χ4n) is 2.55. The van der Waals surface area contributed by atoms with Crippen molar-refractivity contribution in [2.75, 3.05) is 10.0 Å². The van der Waals surface area contributed by atoms with Gasteiger partial charge in [0, 0.05) is 15.8 Å². The van der Waals surface area contributed by atoms with E-state index in [1.54, 1.807) is 30.3 Å². The van der Waals surface area contributed by atoms with Gasteiger partial charge in [0.25, 0.3) is 10.0 Å². The van der Waals surface area contributed by atoms with Crippen LogP contribution in [0.15, 0.2) is 57.9 Å². The van der Waals surface area contributed by atoms with Gasteiger partial charge in [-0.1, -0.05) is 42.3 Å². The van der Waals surface area contributed by atoms with Crippen LogP contribution in [-0.4, -0.2) is 26.4 Å². The van der Waals surface area contributed by atoms with Gasteiger partial charge in [-0.25, -0.2) is 13.2 Å². The van der Waals surface area contributed by atoms with Crippen LogP contribution in [-0.2, 0) is 14.8 Å². The number of urea groups is 1. The molecule has 5 N–H and O–H groups in total. The van der Waals surface area contributed by atoms with Gasteiger partial charge in [0.15, 0.2) is 0 Å². The van der Waals surface area contributed by atoms with Crippen molar-refractivity contribution in [1.82, 2.24) is 5.32 Å². The van der Waals surface area contributed by atoms with Crippen molar-refractivity contribution in [3.05, 3.63) is 53.0 Å². The Balaban J connectivity index is 2.20. The van der Waals surface area contributed by atoms with E-state index in [9.17, 15) is 18.0 Å². The number of amides is 3. The Bertz CT molecular complexity index is 980. The topological polar surface area (TPSA) is 130 Å². The summed E-state index contributed by atoms with van der Waals surface area (Å²) in [4.78, 5) is 23.8. The molecule has 0 saturated carbocycles. The molecule has 0 spiro atoms. The Labute approximate surface area is 178 Å². The molecule has 2 aromatic carbocycles. The second kappa shape index (κ2) is 9.75. The van der Waals surface area contributed by atoms with Crippen LogP contribution in [0.25, 0.3) is 0 Å². The number of hydrogen-bond acceptors (Lipinski definition) is 4. The van der Waals surface area contributed by atoms with E-state index in [1.165, 1.54) is 18.2 Å². The first-order chi connectivity index (χ1) is 13.6. The van der Waals surface area contributed by atoms with Crippen molar-refractivity contribution < 1.29 is 18.0 Å². The van der Waals surface area contributed by atoms with Gasteiger partial charge in [-0.05, 0) is 48.4 Å². The molecule has 2 atom stereocenters. The molecule has 0 saturated heterocycles. The zero-order valence-electron chi connectivity index (χ0n) is 16.0. The Hall–Kier alpha value is -2.59. The fourth-order valence-corrected chi connectivity index (χ4v) is 3.92. The van der Waals surface area contributed by atoms with E-state index in [1.807, 2.05) is 13.8 Å². The number of carbonyl (C=O) groups is 2. The van der Waals surface area contributed by atoms with Gasteiger partial charge in [-0.3, -0.25) is 9.52 Å². The number of sulfonamides is 1. The fraction of sp³-hybridized carbons (Fsp3) is 0.263. The van der Waals surface area contributed by atoms with Gasteiger partial charge in [0.05, 0.1) is 4.90 Å². The van der Waals surface area contributed by atoms with Gasteiger partial charge in [-0.15, -0.1) is 0 Å². The molecule has 2 aromatic rings.